The van der Waals surface area contributed by atoms with Crippen LogP contribution in [0.4, 0.5) is 8.78 Å². The number of para-hydroxylation sites is 1. The van der Waals surface area contributed by atoms with E-state index in [0.717, 1.165) is 10.9 Å². The normalized spacial score (nSPS) is 25.8. The van der Waals surface area contributed by atoms with Crippen molar-refractivity contribution in [3.8, 4) is 6.01 Å². The summed E-state index contributed by atoms with van der Waals surface area (Å²) >= 11 is 0. The van der Waals surface area contributed by atoms with Crippen molar-refractivity contribution in [2.24, 2.45) is 17.8 Å². The van der Waals surface area contributed by atoms with Crippen LogP contribution in [0.5, 0.6) is 6.01 Å². The average molecular weight is 1070 g/mol. The fraction of sp³-hybridized carbons (Fsp3) is 0.561. The highest BCUT2D eigenvalue weighted by Gasteiger charge is 2.44. The molecule has 7 atom stereocenters. The van der Waals surface area contributed by atoms with Crippen molar-refractivity contribution < 1.29 is 47.1 Å². The van der Waals surface area contributed by atoms with Crippen LogP contribution in [0.3, 0.4) is 0 Å². The number of benzene rings is 2. The maximum atomic E-state index is 15.5. The van der Waals surface area contributed by atoms with Crippen LogP contribution in [0.15, 0.2) is 67.5 Å². The van der Waals surface area contributed by atoms with Crippen LogP contribution in [-0.4, -0.2) is 147 Å². The van der Waals surface area contributed by atoms with Crippen LogP contribution in [0, 0.1) is 17.8 Å². The van der Waals surface area contributed by atoms with Crippen molar-refractivity contribution in [3.05, 3.63) is 78.6 Å². The van der Waals surface area contributed by atoms with Gasteiger partial charge >= 0.3 is 6.01 Å². The lowest BCUT2D eigenvalue weighted by Crippen LogP contribution is -2.62. The Morgan fingerprint density at radius 3 is 2.13 bits per heavy atom. The Labute approximate surface area is 449 Å². The zero-order valence-electron chi connectivity index (χ0n) is 45.8. The van der Waals surface area contributed by atoms with Crippen LogP contribution in [0.25, 0.3) is 21.8 Å². The second-order valence-corrected chi connectivity index (χ2v) is 22.6. The lowest BCUT2D eigenvalue weighted by atomic mass is 9.79. The largest absolute Gasteiger partial charge is 0.431 e. The van der Waals surface area contributed by atoms with Gasteiger partial charge in [-0.3, -0.25) is 33.6 Å². The lowest BCUT2D eigenvalue weighted by Gasteiger charge is -2.41. The second-order valence-electron chi connectivity index (χ2n) is 22.6. The number of likely N-dealkylation sites (N-methyl/N-ethyl adjacent to an activating group) is 2. The SMILES string of the molecule is C=CC(C)(C)n1cc(C[C@@H]2NC(=O)[C@H](CC3CC(F)C3)NC(=O)[C@H](CC(C)C)N3CCC[C@@H](C3=O)N(C)C(=O)[C@H](C)NC(=O)[C@H](Cc3ccc4nc(OCF)ncc4c3)NC(=O)[C@H](CC(C)C)N(C)C2=O)c2ccccc21. The maximum absolute atomic E-state index is 15.5. The van der Waals surface area contributed by atoms with E-state index in [9.17, 15) is 28.0 Å². The Morgan fingerprint density at radius 1 is 0.805 bits per heavy atom. The van der Waals surface area contributed by atoms with Gasteiger partial charge in [0.05, 0.1) is 11.1 Å². The van der Waals surface area contributed by atoms with Gasteiger partial charge in [0.15, 0.2) is 0 Å². The summed E-state index contributed by atoms with van der Waals surface area (Å²) in [5, 5.41) is 13.0. The van der Waals surface area contributed by atoms with E-state index in [1.807, 2.05) is 76.6 Å². The van der Waals surface area contributed by atoms with E-state index in [-0.39, 0.29) is 81.7 Å². The first kappa shape index (κ1) is 57.7. The van der Waals surface area contributed by atoms with E-state index in [2.05, 4.69) is 37.8 Å². The highest BCUT2D eigenvalue weighted by Crippen LogP contribution is 2.35. The molecule has 0 spiro atoms. The number of carbonyl (C=O) groups is 7. The van der Waals surface area contributed by atoms with Gasteiger partial charge in [0.25, 0.3) is 0 Å². The number of halogens is 2. The first-order valence-corrected chi connectivity index (χ1v) is 26.9. The predicted molar refractivity (Wildman–Crippen MR) is 287 cm³/mol. The standard InChI is InChI=1S/C57H76F2N10O8/c1-11-57(7,8)69-30-38(40-15-12-13-16-45(40)69)28-44-54(75)67(10)47(21-32(2)3)51(72)62-42(26-35-18-19-41-37(23-35)29-60-56(65-41)77-31-58)49(70)61-34(6)53(74)66(9)46-17-14-20-68(55(46)76)48(22-33(4)5)52(73)63-43(50(71)64-44)27-36-24-39(59)25-36/h11-13,15-16,18-19,23,29-30,32-34,36,39,42-44,46-48H,1,14,17,20-22,24-28,31H2,2-10H3,(H,61,70)(H,62,72)(H,63,73)(H,64,71)/t34-,36?,39?,42-,43-,44-,46-,47-,48-/m0/s1. The molecule has 20 heteroatoms. The van der Waals surface area contributed by atoms with E-state index >= 15 is 14.4 Å². The molecule has 18 nitrogen and oxygen atoms in total. The molecule has 1 saturated carbocycles. The number of nitrogens with zero attached hydrogens (tertiary/aromatic N) is 6. The Kier molecular flexibility index (Phi) is 18.4. The highest BCUT2D eigenvalue weighted by molar-refractivity contribution is 5.99. The van der Waals surface area contributed by atoms with Crippen LogP contribution in [-0.2, 0) is 51.9 Å². The van der Waals surface area contributed by atoms with Crippen LogP contribution in [0.2, 0.25) is 0 Å². The number of hydrogen-bond acceptors (Lipinski definition) is 10. The van der Waals surface area contributed by atoms with Gasteiger partial charge in [-0.15, -0.1) is 6.58 Å². The predicted octanol–water partition coefficient (Wildman–Crippen LogP) is 5.44. The van der Waals surface area contributed by atoms with Crippen molar-refractivity contribution in [2.45, 2.75) is 160 Å². The molecular weight excluding hydrogens is 991 g/mol. The number of alkyl halides is 2. The van der Waals surface area contributed by atoms with Gasteiger partial charge in [0.1, 0.15) is 48.5 Å². The molecule has 2 aromatic heterocycles. The minimum absolute atomic E-state index is 0.0561. The van der Waals surface area contributed by atoms with Crippen molar-refractivity contribution in [1.82, 2.24) is 50.5 Å². The minimum Gasteiger partial charge on any atom is -0.431 e. The third-order valence-corrected chi connectivity index (χ3v) is 15.4. The Balaban J connectivity index is 1.34. The number of amides is 7. The third-order valence-electron chi connectivity index (χ3n) is 15.4. The molecule has 4 N–H and O–H groups in total. The summed E-state index contributed by atoms with van der Waals surface area (Å²) in [5.74, 6) is -4.97. The summed E-state index contributed by atoms with van der Waals surface area (Å²) in [6, 6.07) is 4.10. The summed E-state index contributed by atoms with van der Waals surface area (Å²) in [6.45, 7) is 16.2. The van der Waals surface area contributed by atoms with E-state index < -0.39 is 102 Å². The molecule has 7 amide bonds. The van der Waals surface area contributed by atoms with E-state index in [1.54, 1.807) is 24.3 Å². The van der Waals surface area contributed by atoms with Crippen molar-refractivity contribution in [1.29, 1.82) is 0 Å². The molecule has 3 aliphatic rings. The van der Waals surface area contributed by atoms with Gasteiger partial charge < -0.3 is 45.3 Å². The molecule has 4 aromatic rings. The first-order valence-electron chi connectivity index (χ1n) is 26.9. The smallest absolute Gasteiger partial charge is 0.319 e. The van der Waals surface area contributed by atoms with Crippen LogP contribution >= 0.6 is 0 Å². The zero-order valence-corrected chi connectivity index (χ0v) is 45.8. The number of nitrogens with one attached hydrogen (secondary N) is 4. The summed E-state index contributed by atoms with van der Waals surface area (Å²) in [6.07, 6.45) is 5.41. The van der Waals surface area contributed by atoms with Crippen molar-refractivity contribution >= 4 is 63.2 Å². The number of carbonyl (C=O) groups excluding carboxylic acids is 7. The van der Waals surface area contributed by atoms with Crippen molar-refractivity contribution in [2.75, 3.05) is 27.5 Å². The number of rotatable bonds is 14. The molecule has 0 unspecified atom stereocenters. The van der Waals surface area contributed by atoms with E-state index in [0.29, 0.717) is 28.5 Å². The van der Waals surface area contributed by atoms with Gasteiger partial charge in [-0.2, -0.15) is 4.98 Å². The van der Waals surface area contributed by atoms with Gasteiger partial charge in [-0.05, 0) is 113 Å². The molecule has 3 fully saturated rings. The quantitative estimate of drug-likeness (QED) is 0.117. The Bertz CT molecular complexity index is 2850. The molecule has 1 aliphatic carbocycles. The van der Waals surface area contributed by atoms with Crippen LogP contribution < -0.4 is 26.0 Å². The molecule has 2 saturated heterocycles. The van der Waals surface area contributed by atoms with Gasteiger partial charge in [0.2, 0.25) is 48.2 Å². The summed E-state index contributed by atoms with van der Waals surface area (Å²) < 4.78 is 34.3. The van der Waals surface area contributed by atoms with E-state index in [4.69, 9.17) is 4.74 Å². The fourth-order valence-electron chi connectivity index (χ4n) is 10.9. The van der Waals surface area contributed by atoms with Gasteiger partial charge in [-0.1, -0.05) is 58.0 Å². The van der Waals surface area contributed by atoms with Gasteiger partial charge in [0, 0.05) is 62.2 Å². The third kappa shape index (κ3) is 13.4. The molecule has 2 aromatic carbocycles. The number of allylic oxidation sites excluding steroid dienone is 1. The topological polar surface area (TPSA) is 217 Å². The van der Waals surface area contributed by atoms with E-state index in [1.165, 1.54) is 41.9 Å². The van der Waals surface area contributed by atoms with Crippen LogP contribution in [0.1, 0.15) is 105 Å². The number of piperidine rings is 1. The van der Waals surface area contributed by atoms with Crippen molar-refractivity contribution in [3.63, 3.8) is 0 Å². The lowest BCUT2D eigenvalue weighted by molar-refractivity contribution is -0.153. The number of ether oxygens (including phenoxy) is 1. The summed E-state index contributed by atoms with van der Waals surface area (Å²) in [7, 11) is 2.94. The van der Waals surface area contributed by atoms with Gasteiger partial charge in [-0.25, -0.2) is 13.8 Å². The Morgan fingerprint density at radius 2 is 1.45 bits per heavy atom. The molecular formula is C57H76F2N10O8. The number of aromatic nitrogens is 3. The zero-order chi connectivity index (χ0) is 56.0. The Hall–Kier alpha value is -6.99. The molecule has 77 heavy (non-hydrogen) atoms. The maximum Gasteiger partial charge on any atom is 0.319 e. The molecule has 2 aliphatic heterocycles. The molecule has 416 valence electrons. The monoisotopic (exact) mass is 1070 g/mol. The molecule has 4 heterocycles. The minimum atomic E-state index is -1.34. The number of hydrogen-bond donors (Lipinski definition) is 4. The first-order chi connectivity index (χ1) is 36.5. The average Bonchev–Trinajstić information content (AvgIpc) is 3.78. The fourth-order valence-corrected chi connectivity index (χ4v) is 10.9. The molecule has 2 bridgehead atoms. The summed E-state index contributed by atoms with van der Waals surface area (Å²) in [4.78, 5) is 116. The second kappa shape index (κ2) is 24.6. The molecule has 0 radical (unpaired) electrons. The number of fused-ring (bicyclic) bond motifs is 4. The highest BCUT2D eigenvalue weighted by atomic mass is 19.1. The summed E-state index contributed by atoms with van der Waals surface area (Å²) in [5.41, 5.74) is 1.95. The molecule has 7 rings (SSSR count).